The summed E-state index contributed by atoms with van der Waals surface area (Å²) in [6.07, 6.45) is 1.29. The van der Waals surface area contributed by atoms with Crippen molar-refractivity contribution < 1.29 is 14.7 Å². The van der Waals surface area contributed by atoms with E-state index in [1.807, 2.05) is 31.0 Å². The van der Waals surface area contributed by atoms with Crippen LogP contribution in [0.2, 0.25) is 5.02 Å². The lowest BCUT2D eigenvalue weighted by Gasteiger charge is -2.42. The molecule has 0 radical (unpaired) electrons. The maximum Gasteiger partial charge on any atom is 0.258 e. The number of hydrogen-bond donors (Lipinski definition) is 1. The van der Waals surface area contributed by atoms with Crippen molar-refractivity contribution in [1.29, 1.82) is 0 Å². The molecule has 0 unspecified atom stereocenters. The van der Waals surface area contributed by atoms with Gasteiger partial charge in [-0.2, -0.15) is 5.06 Å². The van der Waals surface area contributed by atoms with E-state index in [0.29, 0.717) is 36.5 Å². The van der Waals surface area contributed by atoms with Gasteiger partial charge in [-0.25, -0.2) is 0 Å². The van der Waals surface area contributed by atoms with E-state index in [4.69, 9.17) is 16.4 Å². The summed E-state index contributed by atoms with van der Waals surface area (Å²) in [7, 11) is 3.41. The zero-order chi connectivity index (χ0) is 17.6. The number of aliphatic hydroxyl groups excluding tert-OH is 1. The molecule has 0 aromatic heterocycles. The molecule has 1 fully saturated rings. The van der Waals surface area contributed by atoms with E-state index in [9.17, 15) is 9.90 Å². The number of halogens is 1. The predicted molar refractivity (Wildman–Crippen MR) is 93.8 cm³/mol. The molecule has 1 aromatic carbocycles. The molecule has 2 aliphatic heterocycles. The van der Waals surface area contributed by atoms with Crippen molar-refractivity contribution in [2.75, 3.05) is 27.2 Å². The monoisotopic (exact) mass is 350 g/mol. The van der Waals surface area contributed by atoms with Crippen LogP contribution in [0.3, 0.4) is 0 Å². The van der Waals surface area contributed by atoms with Crippen LogP contribution < -0.4 is 0 Å². The molecule has 1 spiro atoms. The van der Waals surface area contributed by atoms with Crippen LogP contribution in [0.5, 0.6) is 0 Å². The van der Waals surface area contributed by atoms with Gasteiger partial charge in [0.05, 0.1) is 12.7 Å². The van der Waals surface area contributed by atoms with Gasteiger partial charge in [-0.05, 0) is 55.5 Å². The van der Waals surface area contributed by atoms with Gasteiger partial charge in [0.25, 0.3) is 5.91 Å². The Labute approximate surface area is 147 Å². The first-order valence-corrected chi connectivity index (χ1v) is 8.47. The molecule has 2 aliphatic rings. The van der Waals surface area contributed by atoms with Gasteiger partial charge >= 0.3 is 0 Å². The number of piperidine rings is 1. The quantitative estimate of drug-likeness (QED) is 0.890. The fourth-order valence-corrected chi connectivity index (χ4v) is 3.98. The second-order valence-corrected chi connectivity index (χ2v) is 7.05. The van der Waals surface area contributed by atoms with E-state index in [0.717, 1.165) is 16.7 Å². The highest BCUT2D eigenvalue weighted by Crippen LogP contribution is 2.45. The minimum absolute atomic E-state index is 0.136. The molecule has 24 heavy (non-hydrogen) atoms. The van der Waals surface area contributed by atoms with Gasteiger partial charge in [0.15, 0.2) is 0 Å². The van der Waals surface area contributed by atoms with Gasteiger partial charge in [0.2, 0.25) is 0 Å². The van der Waals surface area contributed by atoms with E-state index in [1.54, 1.807) is 19.1 Å². The summed E-state index contributed by atoms with van der Waals surface area (Å²) in [5.74, 6) is 0.0405. The number of amides is 1. The summed E-state index contributed by atoms with van der Waals surface area (Å²) in [6.45, 7) is 5.15. The topological polar surface area (TPSA) is 53.0 Å². The Morgan fingerprint density at radius 1 is 1.21 bits per heavy atom. The molecular formula is C18H23ClN2O3. The Kier molecular flexibility index (Phi) is 4.36. The lowest BCUT2D eigenvalue weighted by molar-refractivity contribution is -0.162. The Morgan fingerprint density at radius 2 is 1.83 bits per heavy atom. The SMILES string of the molecule is CON1CCC2(CC1)C(O)=C(c1cc(C)c(Cl)cc1C)C(=O)N2C. The lowest BCUT2D eigenvalue weighted by atomic mass is 9.85. The van der Waals surface area contributed by atoms with Crippen molar-refractivity contribution in [2.24, 2.45) is 0 Å². The third kappa shape index (κ3) is 2.42. The van der Waals surface area contributed by atoms with Crippen LogP contribution in [0.1, 0.15) is 29.5 Å². The number of aryl methyl sites for hydroxylation is 2. The molecule has 0 atom stereocenters. The van der Waals surface area contributed by atoms with Gasteiger partial charge in [-0.1, -0.05) is 11.6 Å². The van der Waals surface area contributed by atoms with E-state index in [1.165, 1.54) is 0 Å². The number of rotatable bonds is 2. The van der Waals surface area contributed by atoms with Gasteiger partial charge in [-0.15, -0.1) is 0 Å². The van der Waals surface area contributed by atoms with Crippen LogP contribution in [0.4, 0.5) is 0 Å². The molecule has 1 N–H and O–H groups in total. The smallest absolute Gasteiger partial charge is 0.258 e. The minimum atomic E-state index is -0.637. The largest absolute Gasteiger partial charge is 0.509 e. The summed E-state index contributed by atoms with van der Waals surface area (Å²) < 4.78 is 0. The summed E-state index contributed by atoms with van der Waals surface area (Å²) in [4.78, 5) is 19.9. The van der Waals surface area contributed by atoms with Gasteiger partial charge < -0.3 is 14.8 Å². The zero-order valence-electron chi connectivity index (χ0n) is 14.5. The average Bonchev–Trinajstić information content (AvgIpc) is 2.74. The molecule has 0 bridgehead atoms. The van der Waals surface area contributed by atoms with Crippen LogP contribution in [0.15, 0.2) is 17.9 Å². The normalized spacial score (nSPS) is 21.2. The van der Waals surface area contributed by atoms with Crippen molar-refractivity contribution in [2.45, 2.75) is 32.2 Å². The van der Waals surface area contributed by atoms with Crippen LogP contribution in [-0.2, 0) is 9.63 Å². The molecule has 6 heteroatoms. The predicted octanol–water partition coefficient (Wildman–Crippen LogP) is 3.09. The summed E-state index contributed by atoms with van der Waals surface area (Å²) in [5, 5.41) is 13.5. The van der Waals surface area contributed by atoms with Crippen molar-refractivity contribution in [3.63, 3.8) is 0 Å². The number of carbonyl (C=O) groups excluding carboxylic acids is 1. The second-order valence-electron chi connectivity index (χ2n) is 6.65. The second kappa shape index (κ2) is 6.06. The molecule has 5 nitrogen and oxygen atoms in total. The number of hydroxylamine groups is 2. The van der Waals surface area contributed by atoms with Crippen molar-refractivity contribution in [1.82, 2.24) is 9.96 Å². The summed E-state index contributed by atoms with van der Waals surface area (Å²) in [6, 6.07) is 3.73. The molecule has 1 amide bonds. The number of carbonyl (C=O) groups is 1. The van der Waals surface area contributed by atoms with E-state index < -0.39 is 5.54 Å². The van der Waals surface area contributed by atoms with Crippen molar-refractivity contribution >= 4 is 23.1 Å². The first-order valence-electron chi connectivity index (χ1n) is 8.10. The Bertz CT molecular complexity index is 721. The summed E-state index contributed by atoms with van der Waals surface area (Å²) in [5.41, 5.74) is 2.31. The van der Waals surface area contributed by atoms with Crippen LogP contribution in [-0.4, -0.2) is 53.8 Å². The lowest BCUT2D eigenvalue weighted by Crippen LogP contribution is -2.53. The highest BCUT2D eigenvalue weighted by Gasteiger charge is 2.52. The molecule has 0 saturated carbocycles. The Balaban J connectivity index is 2.08. The molecule has 1 aromatic rings. The van der Waals surface area contributed by atoms with Gasteiger partial charge in [-0.3, -0.25) is 4.79 Å². The van der Waals surface area contributed by atoms with Crippen molar-refractivity contribution in [3.8, 4) is 0 Å². The number of benzene rings is 1. The van der Waals surface area contributed by atoms with Gasteiger partial charge in [0.1, 0.15) is 11.3 Å². The molecular weight excluding hydrogens is 328 g/mol. The molecule has 130 valence electrons. The molecule has 1 saturated heterocycles. The van der Waals surface area contributed by atoms with Crippen LogP contribution in [0, 0.1) is 13.8 Å². The van der Waals surface area contributed by atoms with Gasteiger partial charge in [0, 0.05) is 25.2 Å². The number of hydrogen-bond acceptors (Lipinski definition) is 4. The summed E-state index contributed by atoms with van der Waals surface area (Å²) >= 11 is 6.17. The molecule has 2 heterocycles. The van der Waals surface area contributed by atoms with E-state index >= 15 is 0 Å². The number of likely N-dealkylation sites (N-methyl/N-ethyl adjacent to an activating group) is 1. The highest BCUT2D eigenvalue weighted by molar-refractivity contribution is 6.31. The standard InChI is InChI=1S/C18H23ClN2O3/c1-11-10-14(19)12(2)9-13(11)15-16(22)18(20(3)17(15)23)5-7-21(24-4)8-6-18/h9-10,22H,5-8H2,1-4H3. The maximum absolute atomic E-state index is 12.9. The van der Waals surface area contributed by atoms with Crippen molar-refractivity contribution in [3.05, 3.63) is 39.6 Å². The Hall–Kier alpha value is -1.56. The third-order valence-electron chi connectivity index (χ3n) is 5.42. The molecule has 0 aliphatic carbocycles. The van der Waals surface area contributed by atoms with Crippen LogP contribution >= 0.6 is 11.6 Å². The Morgan fingerprint density at radius 3 is 2.42 bits per heavy atom. The number of nitrogens with zero attached hydrogens (tertiary/aromatic N) is 2. The third-order valence-corrected chi connectivity index (χ3v) is 5.83. The number of aliphatic hydroxyl groups is 1. The van der Waals surface area contributed by atoms with Crippen LogP contribution in [0.25, 0.3) is 5.57 Å². The maximum atomic E-state index is 12.9. The molecule has 3 rings (SSSR count). The first-order chi connectivity index (χ1) is 11.3. The first kappa shape index (κ1) is 17.3. The zero-order valence-corrected chi connectivity index (χ0v) is 15.3. The highest BCUT2D eigenvalue weighted by atomic mass is 35.5. The fraction of sp³-hybridized carbons (Fsp3) is 0.500. The fourth-order valence-electron chi connectivity index (χ4n) is 3.76. The average molecular weight is 351 g/mol. The minimum Gasteiger partial charge on any atom is -0.509 e. The van der Waals surface area contributed by atoms with E-state index in [2.05, 4.69) is 0 Å². The van der Waals surface area contributed by atoms with E-state index in [-0.39, 0.29) is 11.7 Å².